The molecule has 13 heteroatoms. The average Bonchev–Trinajstić information content (AvgIpc) is 2.97. The Labute approximate surface area is 237 Å². The molecule has 4 atom stereocenters. The highest BCUT2D eigenvalue weighted by atomic mass is 19.1. The monoisotopic (exact) mass is 578 g/mol. The van der Waals surface area contributed by atoms with E-state index in [4.69, 9.17) is 33.2 Å². The molecule has 1 saturated heterocycles. The van der Waals surface area contributed by atoms with Gasteiger partial charge in [-0.1, -0.05) is 13.8 Å². The molecule has 12 nitrogen and oxygen atoms in total. The van der Waals surface area contributed by atoms with Gasteiger partial charge in [-0.2, -0.15) is 0 Å². The summed E-state index contributed by atoms with van der Waals surface area (Å²) in [6, 6.07) is 5.71. The zero-order chi connectivity index (χ0) is 29.9. The molecule has 0 bridgehead atoms. The van der Waals surface area contributed by atoms with Crippen molar-refractivity contribution in [1.29, 1.82) is 0 Å². The van der Waals surface area contributed by atoms with Gasteiger partial charge in [-0.15, -0.1) is 0 Å². The predicted octanol–water partition coefficient (Wildman–Crippen LogP) is 2.68. The number of nitrogens with one attached hydrogen (secondary N) is 1. The van der Waals surface area contributed by atoms with Crippen LogP contribution in [0.4, 0.5) is 4.39 Å². The number of carbonyl (C=O) groups excluding carboxylic acids is 3. The Morgan fingerprint density at radius 1 is 1.17 bits per heavy atom. The Morgan fingerprint density at radius 3 is 2.56 bits per heavy atom. The minimum atomic E-state index is -1.23. The minimum absolute atomic E-state index is 0.0261. The summed E-state index contributed by atoms with van der Waals surface area (Å²) in [5.74, 6) is -1.93. The number of hydrogen-bond donors (Lipinski definition) is 1. The lowest BCUT2D eigenvalue weighted by molar-refractivity contribution is -0.163. The number of cyclic esters (lactones) is 1. The molecule has 1 aliphatic rings. The highest BCUT2D eigenvalue weighted by Crippen LogP contribution is 2.30. The summed E-state index contributed by atoms with van der Waals surface area (Å²) < 4.78 is 52.5. The number of aromatic nitrogens is 1. The number of carbonyl (C=O) groups is 3. The van der Waals surface area contributed by atoms with E-state index in [1.54, 1.807) is 6.92 Å². The SMILES string of the molecule is COc1ccnc(C(=O)NC2COCC(Oc3ccc(F)cc3)C(OCC(C)C)C(C)OC2=O)c1OCOC(C)=O. The Hall–Kier alpha value is -3.97. The molecule has 4 unspecified atom stereocenters. The lowest BCUT2D eigenvalue weighted by atomic mass is 10.1. The van der Waals surface area contributed by atoms with Gasteiger partial charge in [-0.3, -0.25) is 9.59 Å². The zero-order valence-electron chi connectivity index (χ0n) is 23.6. The summed E-state index contributed by atoms with van der Waals surface area (Å²) >= 11 is 0. The van der Waals surface area contributed by atoms with Gasteiger partial charge in [0.2, 0.25) is 6.79 Å². The van der Waals surface area contributed by atoms with Crippen molar-refractivity contribution < 1.29 is 51.9 Å². The van der Waals surface area contributed by atoms with Crippen molar-refractivity contribution in [3.63, 3.8) is 0 Å². The molecular weight excluding hydrogens is 543 g/mol. The summed E-state index contributed by atoms with van der Waals surface area (Å²) in [5, 5.41) is 2.56. The number of hydrogen-bond acceptors (Lipinski definition) is 11. The predicted molar refractivity (Wildman–Crippen MR) is 141 cm³/mol. The maximum atomic E-state index is 13.4. The first-order valence-electron chi connectivity index (χ1n) is 13.0. The van der Waals surface area contributed by atoms with Crippen LogP contribution in [-0.4, -0.2) is 80.9 Å². The van der Waals surface area contributed by atoms with Crippen LogP contribution in [0.5, 0.6) is 17.2 Å². The summed E-state index contributed by atoms with van der Waals surface area (Å²) in [6.07, 6.45) is -0.939. The molecule has 224 valence electrons. The summed E-state index contributed by atoms with van der Waals surface area (Å²) in [5.41, 5.74) is -0.215. The van der Waals surface area contributed by atoms with E-state index < -0.39 is 54.8 Å². The first-order chi connectivity index (χ1) is 19.6. The smallest absolute Gasteiger partial charge is 0.331 e. The fourth-order valence-corrected chi connectivity index (χ4v) is 3.83. The largest absolute Gasteiger partial charge is 0.493 e. The van der Waals surface area contributed by atoms with Crippen LogP contribution in [0.25, 0.3) is 0 Å². The van der Waals surface area contributed by atoms with Crippen LogP contribution in [0.15, 0.2) is 36.5 Å². The topological polar surface area (TPSA) is 141 Å². The lowest BCUT2D eigenvalue weighted by Crippen LogP contribution is -2.47. The van der Waals surface area contributed by atoms with Gasteiger partial charge < -0.3 is 38.5 Å². The van der Waals surface area contributed by atoms with Crippen LogP contribution in [0.2, 0.25) is 0 Å². The third-order valence-electron chi connectivity index (χ3n) is 5.78. The Morgan fingerprint density at radius 2 is 1.90 bits per heavy atom. The van der Waals surface area contributed by atoms with Crippen LogP contribution in [0, 0.1) is 11.7 Å². The molecule has 41 heavy (non-hydrogen) atoms. The molecule has 0 saturated carbocycles. The molecule has 2 heterocycles. The molecule has 1 aromatic carbocycles. The minimum Gasteiger partial charge on any atom is -0.493 e. The number of benzene rings is 1. The first kappa shape index (κ1) is 31.6. The third-order valence-corrected chi connectivity index (χ3v) is 5.78. The van der Waals surface area contributed by atoms with E-state index >= 15 is 0 Å². The van der Waals surface area contributed by atoms with Crippen LogP contribution in [-0.2, 0) is 28.5 Å². The van der Waals surface area contributed by atoms with E-state index in [9.17, 15) is 18.8 Å². The van der Waals surface area contributed by atoms with Crippen molar-refractivity contribution in [2.45, 2.75) is 52.0 Å². The molecule has 1 aromatic heterocycles. The second kappa shape index (κ2) is 15.1. The molecule has 1 N–H and O–H groups in total. The van der Waals surface area contributed by atoms with Crippen molar-refractivity contribution >= 4 is 17.8 Å². The maximum absolute atomic E-state index is 13.4. The Kier molecular flexibility index (Phi) is 11.7. The fourth-order valence-electron chi connectivity index (χ4n) is 3.83. The maximum Gasteiger partial charge on any atom is 0.331 e. The Bertz CT molecular complexity index is 1180. The van der Waals surface area contributed by atoms with Gasteiger partial charge in [-0.05, 0) is 37.1 Å². The molecule has 0 spiro atoms. The van der Waals surface area contributed by atoms with E-state index in [1.165, 1.54) is 50.6 Å². The Balaban J connectivity index is 1.79. The lowest BCUT2D eigenvalue weighted by Gasteiger charge is -2.31. The van der Waals surface area contributed by atoms with Gasteiger partial charge in [0, 0.05) is 25.8 Å². The van der Waals surface area contributed by atoms with E-state index in [1.807, 2.05) is 13.8 Å². The fraction of sp³-hybridized carbons (Fsp3) is 0.500. The number of esters is 2. The normalized spacial score (nSPS) is 21.1. The summed E-state index contributed by atoms with van der Waals surface area (Å²) in [7, 11) is 1.36. The van der Waals surface area contributed by atoms with Gasteiger partial charge in [-0.25, -0.2) is 14.2 Å². The molecule has 1 aliphatic heterocycles. The highest BCUT2D eigenvalue weighted by molar-refractivity contribution is 5.98. The number of pyridine rings is 1. The van der Waals surface area contributed by atoms with Gasteiger partial charge in [0.25, 0.3) is 5.91 Å². The van der Waals surface area contributed by atoms with Gasteiger partial charge in [0.15, 0.2) is 29.3 Å². The van der Waals surface area contributed by atoms with Crippen molar-refractivity contribution in [3.05, 3.63) is 48.0 Å². The van der Waals surface area contributed by atoms with Crippen molar-refractivity contribution in [1.82, 2.24) is 10.3 Å². The van der Waals surface area contributed by atoms with Crippen LogP contribution in [0.3, 0.4) is 0 Å². The van der Waals surface area contributed by atoms with Crippen molar-refractivity contribution in [2.24, 2.45) is 5.92 Å². The quantitative estimate of drug-likeness (QED) is 0.311. The summed E-state index contributed by atoms with van der Waals surface area (Å²) in [6.45, 7) is 6.38. The molecular formula is C28H35FN2O10. The average molecular weight is 579 g/mol. The number of ether oxygens (including phenoxy) is 7. The molecule has 1 fully saturated rings. The molecule has 0 aliphatic carbocycles. The van der Waals surface area contributed by atoms with E-state index in [2.05, 4.69) is 10.3 Å². The molecule has 2 aromatic rings. The first-order valence-corrected chi connectivity index (χ1v) is 13.0. The van der Waals surface area contributed by atoms with Crippen molar-refractivity contribution in [3.8, 4) is 17.2 Å². The number of nitrogens with zero attached hydrogens (tertiary/aromatic N) is 1. The summed E-state index contributed by atoms with van der Waals surface area (Å²) in [4.78, 5) is 41.6. The number of methoxy groups -OCH3 is 1. The molecule has 0 radical (unpaired) electrons. The standard InChI is InChI=1S/C28H35FN2O10/c1-16(2)12-37-25-17(3)40-28(34)21(13-36-14-23(25)41-20-8-6-19(29)7-9-20)31-27(33)24-26(39-15-38-18(4)32)22(35-5)10-11-30-24/h6-11,16-17,21,23,25H,12-15H2,1-5H3,(H,31,33). The third kappa shape index (κ3) is 9.29. The number of amides is 1. The second-order valence-corrected chi connectivity index (χ2v) is 9.60. The van der Waals surface area contributed by atoms with Crippen LogP contribution >= 0.6 is 0 Å². The van der Waals surface area contributed by atoms with Gasteiger partial charge in [0.05, 0.1) is 20.3 Å². The number of halogens is 1. The van der Waals surface area contributed by atoms with Crippen molar-refractivity contribution in [2.75, 3.05) is 33.7 Å². The van der Waals surface area contributed by atoms with Gasteiger partial charge in [0.1, 0.15) is 23.8 Å². The second-order valence-electron chi connectivity index (χ2n) is 9.60. The number of rotatable bonds is 11. The van der Waals surface area contributed by atoms with E-state index in [-0.39, 0.29) is 36.3 Å². The van der Waals surface area contributed by atoms with E-state index in [0.29, 0.717) is 12.4 Å². The van der Waals surface area contributed by atoms with Crippen LogP contribution < -0.4 is 19.5 Å². The molecule has 1 amide bonds. The van der Waals surface area contributed by atoms with Gasteiger partial charge >= 0.3 is 11.9 Å². The highest BCUT2D eigenvalue weighted by Gasteiger charge is 2.37. The molecule has 3 rings (SSSR count). The van der Waals surface area contributed by atoms with E-state index in [0.717, 1.165) is 0 Å². The zero-order valence-corrected chi connectivity index (χ0v) is 23.6. The van der Waals surface area contributed by atoms with Crippen LogP contribution in [0.1, 0.15) is 38.2 Å².